The first kappa shape index (κ1) is 14.8. The molecular weight excluding hydrogens is 188 g/mol. The molecule has 0 amide bonds. The van der Waals surface area contributed by atoms with Crippen LogP contribution in [-0.2, 0) is 0 Å². The minimum Gasteiger partial charge on any atom is -0.329 e. The Hall–Kier alpha value is -0.160. The third-order valence-corrected chi connectivity index (χ3v) is 2.39. The zero-order valence-corrected chi connectivity index (χ0v) is 10.3. The molecule has 0 aliphatic carbocycles. The molecule has 0 unspecified atom stereocenters. The number of nitrogens with two attached hydrogens (primary N) is 2. The highest BCUT2D eigenvalue weighted by atomic mass is 15.1. The summed E-state index contributed by atoms with van der Waals surface area (Å²) in [4.78, 5) is 2.31. The second kappa shape index (κ2) is 10.4. The van der Waals surface area contributed by atoms with E-state index in [2.05, 4.69) is 24.1 Å². The SMILES string of the molecule is CC(C)CCNCCN(CCN)CCN. The number of nitrogens with one attached hydrogen (secondary N) is 1. The van der Waals surface area contributed by atoms with Gasteiger partial charge in [-0.1, -0.05) is 13.8 Å². The van der Waals surface area contributed by atoms with Gasteiger partial charge in [-0.05, 0) is 18.9 Å². The van der Waals surface area contributed by atoms with E-state index in [4.69, 9.17) is 11.5 Å². The van der Waals surface area contributed by atoms with Gasteiger partial charge in [-0.15, -0.1) is 0 Å². The van der Waals surface area contributed by atoms with Gasteiger partial charge in [0.15, 0.2) is 0 Å². The molecule has 15 heavy (non-hydrogen) atoms. The first-order valence-electron chi connectivity index (χ1n) is 6.04. The van der Waals surface area contributed by atoms with Gasteiger partial charge in [0, 0.05) is 39.3 Å². The molecule has 0 radical (unpaired) electrons. The van der Waals surface area contributed by atoms with Gasteiger partial charge in [-0.25, -0.2) is 0 Å². The lowest BCUT2D eigenvalue weighted by Gasteiger charge is -2.20. The van der Waals surface area contributed by atoms with Crippen LogP contribution >= 0.6 is 0 Å². The van der Waals surface area contributed by atoms with Crippen LogP contribution in [0.2, 0.25) is 0 Å². The Morgan fingerprint density at radius 1 is 1.00 bits per heavy atom. The normalized spacial score (nSPS) is 11.6. The lowest BCUT2D eigenvalue weighted by molar-refractivity contribution is 0.287. The molecule has 0 saturated heterocycles. The summed E-state index contributed by atoms with van der Waals surface area (Å²) in [6.07, 6.45) is 1.24. The van der Waals surface area contributed by atoms with E-state index in [-0.39, 0.29) is 0 Å². The lowest BCUT2D eigenvalue weighted by Crippen LogP contribution is -2.38. The summed E-state index contributed by atoms with van der Waals surface area (Å²) in [5.41, 5.74) is 11.1. The summed E-state index contributed by atoms with van der Waals surface area (Å²) in [5.74, 6) is 0.779. The molecule has 92 valence electrons. The maximum Gasteiger partial charge on any atom is 0.0108 e. The van der Waals surface area contributed by atoms with Gasteiger partial charge in [-0.3, -0.25) is 4.90 Å². The Bertz CT molecular complexity index is 122. The molecule has 0 aromatic heterocycles. The van der Waals surface area contributed by atoms with Crippen molar-refractivity contribution >= 4 is 0 Å². The molecular formula is C11H28N4. The van der Waals surface area contributed by atoms with E-state index in [1.807, 2.05) is 0 Å². The minimum atomic E-state index is 0.714. The van der Waals surface area contributed by atoms with Crippen molar-refractivity contribution in [3.8, 4) is 0 Å². The van der Waals surface area contributed by atoms with Crippen LogP contribution in [0.1, 0.15) is 20.3 Å². The molecule has 0 aliphatic rings. The summed E-state index contributed by atoms with van der Waals surface area (Å²) >= 11 is 0. The van der Waals surface area contributed by atoms with Crippen molar-refractivity contribution in [3.05, 3.63) is 0 Å². The standard InChI is InChI=1S/C11H28N4/c1-11(2)3-6-14-7-10-15(8-4-12)9-5-13/h11,14H,3-10,12-13H2,1-2H3. The molecule has 0 rings (SSSR count). The maximum atomic E-state index is 5.53. The van der Waals surface area contributed by atoms with Gasteiger partial charge in [-0.2, -0.15) is 0 Å². The Morgan fingerprint density at radius 3 is 2.07 bits per heavy atom. The van der Waals surface area contributed by atoms with Crippen molar-refractivity contribution in [1.29, 1.82) is 0 Å². The first-order chi connectivity index (χ1) is 7.20. The van der Waals surface area contributed by atoms with E-state index in [1.54, 1.807) is 0 Å². The van der Waals surface area contributed by atoms with E-state index >= 15 is 0 Å². The fourth-order valence-corrected chi connectivity index (χ4v) is 1.45. The summed E-state index contributed by atoms with van der Waals surface area (Å²) in [5, 5.41) is 3.44. The van der Waals surface area contributed by atoms with Crippen LogP contribution < -0.4 is 16.8 Å². The maximum absolute atomic E-state index is 5.53. The van der Waals surface area contributed by atoms with E-state index in [0.29, 0.717) is 13.1 Å². The lowest BCUT2D eigenvalue weighted by atomic mass is 10.1. The number of rotatable bonds is 10. The fourth-order valence-electron chi connectivity index (χ4n) is 1.45. The summed E-state index contributed by atoms with van der Waals surface area (Å²) < 4.78 is 0. The predicted octanol–water partition coefficient (Wildman–Crippen LogP) is -0.158. The van der Waals surface area contributed by atoms with Crippen LogP contribution in [0.4, 0.5) is 0 Å². The molecule has 0 aliphatic heterocycles. The molecule has 0 aromatic carbocycles. The zero-order chi connectivity index (χ0) is 11.5. The first-order valence-corrected chi connectivity index (χ1v) is 6.04. The molecule has 4 nitrogen and oxygen atoms in total. The van der Waals surface area contributed by atoms with Gasteiger partial charge in [0.1, 0.15) is 0 Å². The summed E-state index contributed by atoms with van der Waals surface area (Å²) in [6, 6.07) is 0. The second-order valence-corrected chi connectivity index (χ2v) is 4.35. The molecule has 4 heteroatoms. The zero-order valence-electron chi connectivity index (χ0n) is 10.3. The molecule has 0 aromatic rings. The fraction of sp³-hybridized carbons (Fsp3) is 1.00. The van der Waals surface area contributed by atoms with Gasteiger partial charge < -0.3 is 16.8 Å². The molecule has 0 spiro atoms. The molecule has 0 bridgehead atoms. The van der Waals surface area contributed by atoms with Crippen molar-refractivity contribution in [3.63, 3.8) is 0 Å². The molecule has 0 atom stereocenters. The van der Waals surface area contributed by atoms with E-state index in [1.165, 1.54) is 6.42 Å². The topological polar surface area (TPSA) is 67.3 Å². The highest BCUT2D eigenvalue weighted by Crippen LogP contribution is 1.95. The van der Waals surface area contributed by atoms with Crippen molar-refractivity contribution < 1.29 is 0 Å². The van der Waals surface area contributed by atoms with E-state index in [0.717, 1.165) is 38.6 Å². The van der Waals surface area contributed by atoms with E-state index < -0.39 is 0 Å². The Labute approximate surface area is 94.4 Å². The summed E-state index contributed by atoms with van der Waals surface area (Å²) in [7, 11) is 0. The quantitative estimate of drug-likeness (QED) is 0.444. The van der Waals surface area contributed by atoms with Crippen LogP contribution in [0.15, 0.2) is 0 Å². The van der Waals surface area contributed by atoms with Crippen LogP contribution in [0.3, 0.4) is 0 Å². The third-order valence-electron chi connectivity index (χ3n) is 2.39. The van der Waals surface area contributed by atoms with Gasteiger partial charge in [0.25, 0.3) is 0 Å². The van der Waals surface area contributed by atoms with E-state index in [9.17, 15) is 0 Å². The number of nitrogens with zero attached hydrogens (tertiary/aromatic N) is 1. The van der Waals surface area contributed by atoms with Crippen molar-refractivity contribution in [1.82, 2.24) is 10.2 Å². The largest absolute Gasteiger partial charge is 0.329 e. The average molecular weight is 216 g/mol. The van der Waals surface area contributed by atoms with Crippen molar-refractivity contribution in [2.75, 3.05) is 45.8 Å². The van der Waals surface area contributed by atoms with Crippen LogP contribution in [0, 0.1) is 5.92 Å². The Balaban J connectivity index is 3.36. The number of hydrogen-bond donors (Lipinski definition) is 3. The second-order valence-electron chi connectivity index (χ2n) is 4.35. The smallest absolute Gasteiger partial charge is 0.0108 e. The van der Waals surface area contributed by atoms with Crippen LogP contribution in [0.5, 0.6) is 0 Å². The molecule has 0 heterocycles. The van der Waals surface area contributed by atoms with Gasteiger partial charge >= 0.3 is 0 Å². The molecule has 0 fully saturated rings. The predicted molar refractivity (Wildman–Crippen MR) is 66.9 cm³/mol. The van der Waals surface area contributed by atoms with Gasteiger partial charge in [0.2, 0.25) is 0 Å². The highest BCUT2D eigenvalue weighted by Gasteiger charge is 2.01. The Morgan fingerprint density at radius 2 is 1.60 bits per heavy atom. The number of hydrogen-bond acceptors (Lipinski definition) is 4. The molecule has 0 saturated carbocycles. The average Bonchev–Trinajstić information content (AvgIpc) is 2.17. The molecule has 5 N–H and O–H groups in total. The summed E-state index contributed by atoms with van der Waals surface area (Å²) in [6.45, 7) is 11.0. The van der Waals surface area contributed by atoms with Crippen molar-refractivity contribution in [2.45, 2.75) is 20.3 Å². The third kappa shape index (κ3) is 10.1. The van der Waals surface area contributed by atoms with Crippen LogP contribution in [0.25, 0.3) is 0 Å². The monoisotopic (exact) mass is 216 g/mol. The minimum absolute atomic E-state index is 0.714. The highest BCUT2D eigenvalue weighted by molar-refractivity contribution is 4.61. The van der Waals surface area contributed by atoms with Crippen LogP contribution in [-0.4, -0.2) is 50.7 Å². The Kier molecular flexibility index (Phi) is 10.3. The van der Waals surface area contributed by atoms with Gasteiger partial charge in [0.05, 0.1) is 0 Å². The van der Waals surface area contributed by atoms with Crippen molar-refractivity contribution in [2.24, 2.45) is 17.4 Å².